The number of benzene rings is 1. The fourth-order valence-electron chi connectivity index (χ4n) is 1.67. The Hall–Kier alpha value is -0.700. The summed E-state index contributed by atoms with van der Waals surface area (Å²) in [6.45, 7) is 4.65. The Kier molecular flexibility index (Phi) is 6.38. The number of hydrogen-bond acceptors (Lipinski definition) is 4. The number of nitrogen functional groups attached to an aromatic ring is 1. The molecular weight excluding hydrogens is 351 g/mol. The summed E-state index contributed by atoms with van der Waals surface area (Å²) in [6.07, 6.45) is 0. The van der Waals surface area contributed by atoms with Crippen LogP contribution in [0.15, 0.2) is 21.5 Å². The van der Waals surface area contributed by atoms with E-state index in [-0.39, 0.29) is 29.9 Å². The van der Waals surface area contributed by atoms with Crippen molar-refractivity contribution in [2.45, 2.75) is 18.7 Å². The molecule has 0 radical (unpaired) electrons. The molecule has 0 heterocycles. The van der Waals surface area contributed by atoms with Crippen molar-refractivity contribution in [3.05, 3.63) is 22.4 Å². The lowest BCUT2D eigenvalue weighted by Gasteiger charge is -2.21. The molecule has 0 amide bonds. The van der Waals surface area contributed by atoms with Crippen LogP contribution in [-0.4, -0.2) is 39.0 Å². The number of rotatable bonds is 7. The molecule has 0 bridgehead atoms. The number of sulfonamides is 1. The largest absolute Gasteiger partial charge is 0.399 e. The summed E-state index contributed by atoms with van der Waals surface area (Å²) in [5.74, 6) is -0.839. The van der Waals surface area contributed by atoms with Crippen LogP contribution in [0.4, 0.5) is 10.1 Å². The second kappa shape index (κ2) is 7.35. The molecule has 0 aliphatic rings. The maximum absolute atomic E-state index is 14.0. The predicted octanol–water partition coefficient (Wildman–Crippen LogP) is 2.22. The van der Waals surface area contributed by atoms with Crippen molar-refractivity contribution in [2.75, 3.05) is 32.0 Å². The number of nitrogens with two attached hydrogens (primary N) is 1. The highest BCUT2D eigenvalue weighted by atomic mass is 79.9. The van der Waals surface area contributed by atoms with Crippen LogP contribution < -0.4 is 5.73 Å². The minimum Gasteiger partial charge on any atom is -0.399 e. The molecule has 2 N–H and O–H groups in total. The fraction of sp³-hybridized carbons (Fsp3) is 0.500. The van der Waals surface area contributed by atoms with Crippen LogP contribution in [0.2, 0.25) is 0 Å². The van der Waals surface area contributed by atoms with E-state index in [1.54, 1.807) is 6.92 Å². The van der Waals surface area contributed by atoms with Gasteiger partial charge in [-0.3, -0.25) is 0 Å². The number of ether oxygens (including phenoxy) is 1. The molecule has 0 saturated carbocycles. The van der Waals surface area contributed by atoms with Crippen LogP contribution in [0.1, 0.15) is 13.8 Å². The average Bonchev–Trinajstić information content (AvgIpc) is 2.38. The average molecular weight is 369 g/mol. The van der Waals surface area contributed by atoms with Gasteiger partial charge in [0.25, 0.3) is 0 Å². The van der Waals surface area contributed by atoms with Crippen molar-refractivity contribution in [1.29, 1.82) is 0 Å². The molecule has 20 heavy (non-hydrogen) atoms. The first-order chi connectivity index (χ1) is 9.34. The third kappa shape index (κ3) is 3.91. The Morgan fingerprint density at radius 3 is 2.60 bits per heavy atom. The third-order valence-corrected chi connectivity index (χ3v) is 5.23. The summed E-state index contributed by atoms with van der Waals surface area (Å²) in [5, 5.41) is 0. The summed E-state index contributed by atoms with van der Waals surface area (Å²) < 4.78 is 45.2. The van der Waals surface area contributed by atoms with Gasteiger partial charge in [0, 0.05) is 25.4 Å². The summed E-state index contributed by atoms with van der Waals surface area (Å²) in [7, 11) is -3.94. The standard InChI is InChI=1S/C12H18BrFN2O3S/c1-3-16(5-6-19-4-2)20(17,18)11-8-9(15)7-10(13)12(11)14/h7-8H,3-6,15H2,1-2H3. The van der Waals surface area contributed by atoms with Gasteiger partial charge < -0.3 is 10.5 Å². The van der Waals surface area contributed by atoms with Crippen molar-refractivity contribution in [1.82, 2.24) is 4.31 Å². The van der Waals surface area contributed by atoms with E-state index in [0.29, 0.717) is 6.61 Å². The van der Waals surface area contributed by atoms with E-state index in [9.17, 15) is 12.8 Å². The number of nitrogens with zero attached hydrogens (tertiary/aromatic N) is 1. The highest BCUT2D eigenvalue weighted by Crippen LogP contribution is 2.28. The lowest BCUT2D eigenvalue weighted by molar-refractivity contribution is 0.135. The summed E-state index contributed by atoms with van der Waals surface area (Å²) in [5.41, 5.74) is 5.76. The first-order valence-corrected chi connectivity index (χ1v) is 8.40. The first-order valence-electron chi connectivity index (χ1n) is 6.17. The molecule has 0 atom stereocenters. The summed E-state index contributed by atoms with van der Waals surface area (Å²) in [6, 6.07) is 2.45. The minimum absolute atomic E-state index is 0.0249. The maximum atomic E-state index is 14.0. The summed E-state index contributed by atoms with van der Waals surface area (Å²) >= 11 is 2.96. The number of likely N-dealkylation sites (N-methyl/N-ethyl adjacent to an activating group) is 1. The van der Waals surface area contributed by atoms with Crippen LogP contribution >= 0.6 is 15.9 Å². The van der Waals surface area contributed by atoms with Crippen molar-refractivity contribution in [3.63, 3.8) is 0 Å². The van der Waals surface area contributed by atoms with Gasteiger partial charge in [0.2, 0.25) is 10.0 Å². The molecule has 8 heteroatoms. The van der Waals surface area contributed by atoms with E-state index in [1.807, 2.05) is 6.92 Å². The molecule has 1 rings (SSSR count). The molecule has 114 valence electrons. The predicted molar refractivity (Wildman–Crippen MR) is 79.4 cm³/mol. The van der Waals surface area contributed by atoms with Gasteiger partial charge in [-0.1, -0.05) is 6.92 Å². The number of anilines is 1. The Bertz CT molecular complexity index is 566. The molecule has 0 aliphatic heterocycles. The van der Waals surface area contributed by atoms with E-state index < -0.39 is 20.7 Å². The van der Waals surface area contributed by atoms with E-state index in [2.05, 4.69) is 15.9 Å². The third-order valence-electron chi connectivity index (χ3n) is 2.68. The Morgan fingerprint density at radius 2 is 2.05 bits per heavy atom. The van der Waals surface area contributed by atoms with E-state index in [1.165, 1.54) is 6.07 Å². The minimum atomic E-state index is -3.94. The van der Waals surface area contributed by atoms with Crippen LogP contribution in [0.25, 0.3) is 0 Å². The number of halogens is 2. The van der Waals surface area contributed by atoms with Gasteiger partial charge in [0.05, 0.1) is 11.1 Å². The fourth-order valence-corrected chi connectivity index (χ4v) is 3.83. The van der Waals surface area contributed by atoms with Gasteiger partial charge in [-0.05, 0) is 35.0 Å². The van der Waals surface area contributed by atoms with Crippen LogP contribution in [-0.2, 0) is 14.8 Å². The first kappa shape index (κ1) is 17.4. The molecule has 0 unspecified atom stereocenters. The maximum Gasteiger partial charge on any atom is 0.246 e. The highest BCUT2D eigenvalue weighted by Gasteiger charge is 2.27. The van der Waals surface area contributed by atoms with Gasteiger partial charge in [-0.15, -0.1) is 0 Å². The molecule has 1 aromatic carbocycles. The monoisotopic (exact) mass is 368 g/mol. The SMILES string of the molecule is CCOCCN(CC)S(=O)(=O)c1cc(N)cc(Br)c1F. The zero-order valence-electron chi connectivity index (χ0n) is 11.4. The van der Waals surface area contributed by atoms with Gasteiger partial charge in [0.1, 0.15) is 4.90 Å². The zero-order chi connectivity index (χ0) is 15.3. The van der Waals surface area contributed by atoms with Crippen molar-refractivity contribution >= 4 is 31.6 Å². The topological polar surface area (TPSA) is 72.6 Å². The van der Waals surface area contributed by atoms with Crippen LogP contribution in [0, 0.1) is 5.82 Å². The van der Waals surface area contributed by atoms with Crippen molar-refractivity contribution < 1.29 is 17.5 Å². The molecular formula is C12H18BrFN2O3S. The normalized spacial score (nSPS) is 12.1. The molecule has 0 fully saturated rings. The quantitative estimate of drug-likeness (QED) is 0.591. The van der Waals surface area contributed by atoms with E-state index in [4.69, 9.17) is 10.5 Å². The molecule has 0 spiro atoms. The van der Waals surface area contributed by atoms with Crippen LogP contribution in [0.3, 0.4) is 0 Å². The highest BCUT2D eigenvalue weighted by molar-refractivity contribution is 9.10. The van der Waals surface area contributed by atoms with Gasteiger partial charge in [-0.2, -0.15) is 4.31 Å². The zero-order valence-corrected chi connectivity index (χ0v) is 13.8. The van der Waals surface area contributed by atoms with Crippen molar-refractivity contribution in [3.8, 4) is 0 Å². The van der Waals surface area contributed by atoms with Gasteiger partial charge in [-0.25, -0.2) is 12.8 Å². The van der Waals surface area contributed by atoms with Crippen molar-refractivity contribution in [2.24, 2.45) is 0 Å². The van der Waals surface area contributed by atoms with E-state index in [0.717, 1.165) is 10.4 Å². The molecule has 1 aromatic rings. The van der Waals surface area contributed by atoms with Crippen LogP contribution in [0.5, 0.6) is 0 Å². The lowest BCUT2D eigenvalue weighted by atomic mass is 10.3. The molecule has 5 nitrogen and oxygen atoms in total. The Labute approximate surface area is 127 Å². The molecule has 0 aliphatic carbocycles. The Morgan fingerprint density at radius 1 is 1.40 bits per heavy atom. The second-order valence-electron chi connectivity index (χ2n) is 4.01. The van der Waals surface area contributed by atoms with Gasteiger partial charge >= 0.3 is 0 Å². The number of hydrogen-bond donors (Lipinski definition) is 1. The second-order valence-corrected chi connectivity index (χ2v) is 6.77. The smallest absolute Gasteiger partial charge is 0.246 e. The van der Waals surface area contributed by atoms with E-state index >= 15 is 0 Å². The Balaban J connectivity index is 3.14. The summed E-state index contributed by atoms with van der Waals surface area (Å²) in [4.78, 5) is -0.428. The molecule has 0 saturated heterocycles. The molecule has 0 aromatic heterocycles. The lowest BCUT2D eigenvalue weighted by Crippen LogP contribution is -2.34. The van der Waals surface area contributed by atoms with Gasteiger partial charge in [0.15, 0.2) is 5.82 Å².